The molecule has 0 aliphatic heterocycles. The van der Waals surface area contributed by atoms with E-state index < -0.39 is 18.2 Å². The summed E-state index contributed by atoms with van der Waals surface area (Å²) in [5, 5.41) is 10.7. The predicted molar refractivity (Wildman–Crippen MR) is 48.4 cm³/mol. The van der Waals surface area contributed by atoms with Crippen molar-refractivity contribution in [3.8, 4) is 0 Å². The zero-order valence-corrected chi connectivity index (χ0v) is 7.32. The fourth-order valence-electron chi connectivity index (χ4n) is 1.05. The molecule has 3 N–H and O–H groups in total. The molecule has 0 aliphatic carbocycles. The Morgan fingerprint density at radius 2 is 1.93 bits per heavy atom. The molecule has 1 rings (SSSR count). The second-order valence-electron chi connectivity index (χ2n) is 2.84. The van der Waals surface area contributed by atoms with Crippen LogP contribution in [0, 0.1) is 0 Å². The van der Waals surface area contributed by atoms with E-state index in [1.807, 2.05) is 0 Å². The summed E-state index contributed by atoms with van der Waals surface area (Å²) >= 11 is 0. The Hall–Kier alpha value is -1.65. The Balaban J connectivity index is 2.86. The lowest BCUT2D eigenvalue weighted by Crippen LogP contribution is -2.24. The van der Waals surface area contributed by atoms with Crippen LogP contribution in [0.2, 0.25) is 0 Å². The van der Waals surface area contributed by atoms with Gasteiger partial charge < -0.3 is 10.9 Å². The van der Waals surface area contributed by atoms with Gasteiger partial charge in [-0.2, -0.15) is 0 Å². The third kappa shape index (κ3) is 2.42. The Morgan fingerprint density at radius 1 is 1.36 bits per heavy atom. The number of nitrogens with zero attached hydrogens (tertiary/aromatic N) is 1. The van der Waals surface area contributed by atoms with Crippen molar-refractivity contribution in [1.29, 1.82) is 0 Å². The number of oxime groups is 1. The molecule has 76 valence electrons. The van der Waals surface area contributed by atoms with E-state index in [2.05, 4.69) is 5.16 Å². The van der Waals surface area contributed by atoms with E-state index in [1.165, 1.54) is 24.3 Å². The molecule has 0 fully saturated rings. The average molecular weight is 200 g/mol. The van der Waals surface area contributed by atoms with Gasteiger partial charge in [-0.25, -0.2) is 8.78 Å². The van der Waals surface area contributed by atoms with Crippen molar-refractivity contribution in [3.05, 3.63) is 35.9 Å². The molecule has 0 atom stereocenters. The highest BCUT2D eigenvalue weighted by molar-refractivity contribution is 5.80. The molecular weight excluding hydrogens is 190 g/mol. The van der Waals surface area contributed by atoms with Gasteiger partial charge in [-0.15, -0.1) is 0 Å². The SMILES string of the molecule is N/C(CC(F)(F)c1ccccc1)=N/O. The average Bonchev–Trinajstić information content (AvgIpc) is 2.18. The maximum absolute atomic E-state index is 13.3. The Bertz CT molecular complexity index is 325. The molecule has 0 spiro atoms. The van der Waals surface area contributed by atoms with Crippen molar-refractivity contribution < 1.29 is 14.0 Å². The summed E-state index contributed by atoms with van der Waals surface area (Å²) in [4.78, 5) is 0. The van der Waals surface area contributed by atoms with E-state index >= 15 is 0 Å². The van der Waals surface area contributed by atoms with Crippen LogP contribution in [0.3, 0.4) is 0 Å². The third-order valence-corrected chi connectivity index (χ3v) is 1.73. The molecule has 0 aromatic heterocycles. The third-order valence-electron chi connectivity index (χ3n) is 1.73. The summed E-state index contributed by atoms with van der Waals surface area (Å²) in [5.41, 5.74) is 4.87. The zero-order valence-electron chi connectivity index (χ0n) is 7.32. The quantitative estimate of drug-likeness (QED) is 0.339. The van der Waals surface area contributed by atoms with E-state index in [-0.39, 0.29) is 5.56 Å². The molecule has 0 radical (unpaired) electrons. The molecule has 5 heteroatoms. The van der Waals surface area contributed by atoms with Crippen molar-refractivity contribution in [2.75, 3.05) is 0 Å². The summed E-state index contributed by atoms with van der Waals surface area (Å²) in [5.74, 6) is -3.59. The monoisotopic (exact) mass is 200 g/mol. The first-order chi connectivity index (χ1) is 6.56. The van der Waals surface area contributed by atoms with Gasteiger partial charge in [0.05, 0.1) is 6.42 Å². The Morgan fingerprint density at radius 3 is 2.43 bits per heavy atom. The molecule has 1 aromatic rings. The minimum atomic E-state index is -3.10. The van der Waals surface area contributed by atoms with Crippen molar-refractivity contribution >= 4 is 5.84 Å². The first-order valence-corrected chi connectivity index (χ1v) is 3.96. The minimum Gasteiger partial charge on any atom is -0.409 e. The van der Waals surface area contributed by atoms with Gasteiger partial charge >= 0.3 is 0 Å². The van der Waals surface area contributed by atoms with E-state index in [0.717, 1.165) is 0 Å². The number of benzene rings is 1. The number of halogens is 2. The molecule has 0 saturated heterocycles. The van der Waals surface area contributed by atoms with Crippen molar-refractivity contribution in [2.24, 2.45) is 10.9 Å². The van der Waals surface area contributed by atoms with Crippen LogP contribution in [0.25, 0.3) is 0 Å². The molecule has 1 aromatic carbocycles. The van der Waals surface area contributed by atoms with Gasteiger partial charge in [-0.3, -0.25) is 0 Å². The summed E-state index contributed by atoms with van der Waals surface area (Å²) in [6.07, 6.45) is -0.784. The normalized spacial score (nSPS) is 12.9. The molecular formula is C9H10F2N2O. The van der Waals surface area contributed by atoms with Crippen LogP contribution in [-0.4, -0.2) is 11.0 Å². The van der Waals surface area contributed by atoms with Crippen LogP contribution < -0.4 is 5.73 Å². The van der Waals surface area contributed by atoms with Gasteiger partial charge in [0.1, 0.15) is 5.84 Å². The molecule has 0 saturated carbocycles. The zero-order chi connectivity index (χ0) is 10.6. The first kappa shape index (κ1) is 10.4. The molecule has 0 bridgehead atoms. The molecule has 0 heterocycles. The highest BCUT2D eigenvalue weighted by Crippen LogP contribution is 2.30. The number of rotatable bonds is 3. The van der Waals surface area contributed by atoms with E-state index in [1.54, 1.807) is 6.07 Å². The van der Waals surface area contributed by atoms with Crippen LogP contribution in [0.15, 0.2) is 35.5 Å². The second-order valence-corrected chi connectivity index (χ2v) is 2.84. The van der Waals surface area contributed by atoms with Gasteiger partial charge in [-0.1, -0.05) is 35.5 Å². The van der Waals surface area contributed by atoms with Gasteiger partial charge in [0, 0.05) is 5.56 Å². The van der Waals surface area contributed by atoms with E-state index in [4.69, 9.17) is 10.9 Å². The molecule has 14 heavy (non-hydrogen) atoms. The van der Waals surface area contributed by atoms with Gasteiger partial charge in [0.25, 0.3) is 5.92 Å². The standard InChI is InChI=1S/C9H10F2N2O/c10-9(11,6-8(12)13-14)7-4-2-1-3-5-7/h1-5,14H,6H2,(H2,12,13). The topological polar surface area (TPSA) is 58.6 Å². The Kier molecular flexibility index (Phi) is 3.01. The van der Waals surface area contributed by atoms with Gasteiger partial charge in [0.15, 0.2) is 0 Å². The number of hydrogen-bond acceptors (Lipinski definition) is 2. The maximum atomic E-state index is 13.3. The summed E-state index contributed by atoms with van der Waals surface area (Å²) < 4.78 is 26.6. The van der Waals surface area contributed by atoms with E-state index in [0.29, 0.717) is 0 Å². The molecule has 0 aliphatic rings. The van der Waals surface area contributed by atoms with Crippen LogP contribution >= 0.6 is 0 Å². The molecule has 0 unspecified atom stereocenters. The van der Waals surface area contributed by atoms with E-state index in [9.17, 15) is 8.78 Å². The Labute approximate surface area is 79.8 Å². The number of nitrogens with two attached hydrogens (primary N) is 1. The lowest BCUT2D eigenvalue weighted by atomic mass is 10.1. The van der Waals surface area contributed by atoms with Crippen LogP contribution in [-0.2, 0) is 5.92 Å². The predicted octanol–water partition coefficient (Wildman–Crippen LogP) is 1.91. The van der Waals surface area contributed by atoms with Gasteiger partial charge in [-0.05, 0) is 0 Å². The van der Waals surface area contributed by atoms with Crippen molar-refractivity contribution in [3.63, 3.8) is 0 Å². The van der Waals surface area contributed by atoms with Crippen LogP contribution in [0.5, 0.6) is 0 Å². The fourth-order valence-corrected chi connectivity index (χ4v) is 1.05. The number of amidine groups is 1. The maximum Gasteiger partial charge on any atom is 0.280 e. The highest BCUT2D eigenvalue weighted by atomic mass is 19.3. The smallest absolute Gasteiger partial charge is 0.280 e. The van der Waals surface area contributed by atoms with Crippen molar-refractivity contribution in [1.82, 2.24) is 0 Å². The minimum absolute atomic E-state index is 0.147. The lowest BCUT2D eigenvalue weighted by molar-refractivity contribution is 0.00294. The summed E-state index contributed by atoms with van der Waals surface area (Å²) in [7, 11) is 0. The largest absolute Gasteiger partial charge is 0.409 e. The fraction of sp³-hybridized carbons (Fsp3) is 0.222. The first-order valence-electron chi connectivity index (χ1n) is 3.96. The van der Waals surface area contributed by atoms with Crippen LogP contribution in [0.4, 0.5) is 8.78 Å². The summed E-state index contributed by atoms with van der Waals surface area (Å²) in [6, 6.07) is 7.25. The van der Waals surface area contributed by atoms with Crippen molar-refractivity contribution in [2.45, 2.75) is 12.3 Å². The van der Waals surface area contributed by atoms with Gasteiger partial charge in [0.2, 0.25) is 0 Å². The summed E-state index contributed by atoms with van der Waals surface area (Å²) in [6.45, 7) is 0. The van der Waals surface area contributed by atoms with Crippen LogP contribution in [0.1, 0.15) is 12.0 Å². The highest BCUT2D eigenvalue weighted by Gasteiger charge is 2.32. The second kappa shape index (κ2) is 4.04. The molecule has 3 nitrogen and oxygen atoms in total. The number of hydrogen-bond donors (Lipinski definition) is 2. The lowest BCUT2D eigenvalue weighted by Gasteiger charge is -2.15. The number of alkyl halides is 2. The molecule has 0 amide bonds.